The van der Waals surface area contributed by atoms with E-state index in [4.69, 9.17) is 0 Å². The summed E-state index contributed by atoms with van der Waals surface area (Å²) in [5.74, 6) is 0.222. The highest BCUT2D eigenvalue weighted by Gasteiger charge is 2.10. The number of benzene rings is 4. The second-order valence-electron chi connectivity index (χ2n) is 5.51. The van der Waals surface area contributed by atoms with Crippen LogP contribution in [0.3, 0.4) is 0 Å². The zero-order valence-electron chi connectivity index (χ0n) is 12.1. The van der Waals surface area contributed by atoms with Gasteiger partial charge in [0, 0.05) is 0 Å². The average Bonchev–Trinajstić information content (AvgIpc) is 2.57. The van der Waals surface area contributed by atoms with Gasteiger partial charge >= 0.3 is 0 Å². The Kier molecular flexibility index (Phi) is 3.63. The van der Waals surface area contributed by atoms with Gasteiger partial charge in [-0.2, -0.15) is 0 Å². The van der Waals surface area contributed by atoms with Gasteiger partial charge in [0.15, 0.2) is 0 Å². The van der Waals surface area contributed by atoms with Crippen molar-refractivity contribution in [3.63, 3.8) is 0 Å². The molecule has 4 rings (SSSR count). The lowest BCUT2D eigenvalue weighted by molar-refractivity contribution is 0.468. The zero-order valence-corrected chi connectivity index (χ0v) is 15.2. The van der Waals surface area contributed by atoms with Gasteiger partial charge in [0.05, 0.1) is 8.95 Å². The Bertz CT molecular complexity index is 1030. The van der Waals surface area contributed by atoms with E-state index in [1.165, 1.54) is 21.5 Å². The number of halogens is 2. The first-order chi connectivity index (χ1) is 11.1. The molecule has 0 atom stereocenters. The van der Waals surface area contributed by atoms with Crippen molar-refractivity contribution in [3.05, 3.63) is 75.7 Å². The maximum Gasteiger partial charge on any atom is 0.143 e. The lowest BCUT2D eigenvalue weighted by Crippen LogP contribution is -1.84. The van der Waals surface area contributed by atoms with Crippen molar-refractivity contribution in [3.8, 4) is 16.9 Å². The Balaban J connectivity index is 2.05. The number of rotatable bonds is 1. The molecule has 0 unspecified atom stereocenters. The monoisotopic (exact) mass is 426 g/mol. The standard InChI is InChI=1S/C20H12Br2O/c21-18-10-15(11-19(22)20(18)23)16-7-3-6-14-8-12-4-1-2-5-13(12)9-17(14)16/h1-11,23H. The zero-order chi connectivity index (χ0) is 16.0. The highest BCUT2D eigenvalue weighted by molar-refractivity contribution is 9.11. The molecule has 4 aromatic carbocycles. The normalized spacial score (nSPS) is 11.2. The second-order valence-corrected chi connectivity index (χ2v) is 7.22. The maximum atomic E-state index is 9.94. The summed E-state index contributed by atoms with van der Waals surface area (Å²) in [6, 6.07) is 23.1. The van der Waals surface area contributed by atoms with Crippen molar-refractivity contribution in [2.45, 2.75) is 0 Å². The van der Waals surface area contributed by atoms with Crippen molar-refractivity contribution in [1.29, 1.82) is 0 Å². The highest BCUT2D eigenvalue weighted by atomic mass is 79.9. The summed E-state index contributed by atoms with van der Waals surface area (Å²) in [4.78, 5) is 0. The summed E-state index contributed by atoms with van der Waals surface area (Å²) in [6.07, 6.45) is 0. The predicted octanol–water partition coefficient (Wildman–Crippen LogP) is 6.89. The van der Waals surface area contributed by atoms with E-state index in [1.807, 2.05) is 12.1 Å². The van der Waals surface area contributed by atoms with Crippen LogP contribution in [0.25, 0.3) is 32.7 Å². The fraction of sp³-hybridized carbons (Fsp3) is 0. The van der Waals surface area contributed by atoms with E-state index in [1.54, 1.807) is 0 Å². The smallest absolute Gasteiger partial charge is 0.143 e. The molecule has 4 aromatic rings. The van der Waals surface area contributed by atoms with Crippen LogP contribution in [0.5, 0.6) is 5.75 Å². The molecule has 0 spiro atoms. The maximum absolute atomic E-state index is 9.94. The third-order valence-corrected chi connectivity index (χ3v) is 5.28. The summed E-state index contributed by atoms with van der Waals surface area (Å²) in [5.41, 5.74) is 2.21. The molecule has 1 nitrogen and oxygen atoms in total. The van der Waals surface area contributed by atoms with Gasteiger partial charge in [-0.25, -0.2) is 0 Å². The number of hydrogen-bond donors (Lipinski definition) is 1. The minimum Gasteiger partial charge on any atom is -0.506 e. The van der Waals surface area contributed by atoms with Crippen molar-refractivity contribution >= 4 is 53.4 Å². The Morgan fingerprint density at radius 1 is 0.652 bits per heavy atom. The van der Waals surface area contributed by atoms with E-state index in [-0.39, 0.29) is 5.75 Å². The van der Waals surface area contributed by atoms with Gasteiger partial charge < -0.3 is 5.11 Å². The molecule has 0 aliphatic carbocycles. The molecule has 0 aliphatic heterocycles. The van der Waals surface area contributed by atoms with E-state index in [0.717, 1.165) is 11.1 Å². The van der Waals surface area contributed by atoms with E-state index < -0.39 is 0 Å². The molecule has 0 aromatic heterocycles. The molecule has 0 heterocycles. The third-order valence-electron chi connectivity index (χ3n) is 4.07. The van der Waals surface area contributed by atoms with E-state index in [2.05, 4.69) is 86.5 Å². The van der Waals surface area contributed by atoms with Crippen molar-refractivity contribution in [1.82, 2.24) is 0 Å². The minimum absolute atomic E-state index is 0.222. The van der Waals surface area contributed by atoms with Crippen LogP contribution in [0.15, 0.2) is 75.7 Å². The topological polar surface area (TPSA) is 20.2 Å². The predicted molar refractivity (Wildman–Crippen MR) is 104 cm³/mol. The molecule has 0 radical (unpaired) electrons. The number of phenolic OH excluding ortho intramolecular Hbond substituents is 1. The van der Waals surface area contributed by atoms with Crippen LogP contribution in [-0.4, -0.2) is 5.11 Å². The molecule has 112 valence electrons. The van der Waals surface area contributed by atoms with Crippen molar-refractivity contribution < 1.29 is 5.11 Å². The number of aromatic hydroxyl groups is 1. The first kappa shape index (κ1) is 14.7. The average molecular weight is 428 g/mol. The second kappa shape index (κ2) is 5.66. The Morgan fingerprint density at radius 2 is 1.26 bits per heavy atom. The highest BCUT2D eigenvalue weighted by Crippen LogP contribution is 2.39. The Hall–Kier alpha value is -1.84. The van der Waals surface area contributed by atoms with Crippen LogP contribution in [-0.2, 0) is 0 Å². The van der Waals surface area contributed by atoms with E-state index in [9.17, 15) is 5.11 Å². The van der Waals surface area contributed by atoms with Crippen LogP contribution >= 0.6 is 31.9 Å². The van der Waals surface area contributed by atoms with Crippen LogP contribution in [0.1, 0.15) is 0 Å². The van der Waals surface area contributed by atoms with E-state index in [0.29, 0.717) is 8.95 Å². The Labute approximate surface area is 150 Å². The molecule has 0 amide bonds. The molecule has 1 N–H and O–H groups in total. The largest absolute Gasteiger partial charge is 0.506 e. The number of phenols is 1. The quantitative estimate of drug-likeness (QED) is 0.328. The first-order valence-electron chi connectivity index (χ1n) is 7.23. The SMILES string of the molecule is Oc1c(Br)cc(-c2cccc3cc4ccccc4cc23)cc1Br. The molecule has 0 aliphatic rings. The third kappa shape index (κ3) is 2.54. The summed E-state index contributed by atoms with van der Waals surface area (Å²) in [5, 5.41) is 14.8. The van der Waals surface area contributed by atoms with E-state index >= 15 is 0 Å². The fourth-order valence-corrected chi connectivity index (χ4v) is 4.13. The van der Waals surface area contributed by atoms with Crippen LogP contribution < -0.4 is 0 Å². The van der Waals surface area contributed by atoms with Crippen molar-refractivity contribution in [2.24, 2.45) is 0 Å². The first-order valence-corrected chi connectivity index (χ1v) is 8.82. The summed E-state index contributed by atoms with van der Waals surface area (Å²) >= 11 is 6.84. The molecule has 23 heavy (non-hydrogen) atoms. The molecule has 0 fully saturated rings. The number of hydrogen-bond acceptors (Lipinski definition) is 1. The molecule has 0 bridgehead atoms. The van der Waals surface area contributed by atoms with Gasteiger partial charge in [-0.15, -0.1) is 0 Å². The summed E-state index contributed by atoms with van der Waals surface area (Å²) in [7, 11) is 0. The molecular weight excluding hydrogens is 416 g/mol. The minimum atomic E-state index is 0.222. The van der Waals surface area contributed by atoms with Gasteiger partial charge in [-0.1, -0.05) is 42.5 Å². The van der Waals surface area contributed by atoms with Crippen LogP contribution in [0, 0.1) is 0 Å². The van der Waals surface area contributed by atoms with Crippen molar-refractivity contribution in [2.75, 3.05) is 0 Å². The van der Waals surface area contributed by atoms with Gasteiger partial charge in [0.2, 0.25) is 0 Å². The van der Waals surface area contributed by atoms with Gasteiger partial charge in [0.25, 0.3) is 0 Å². The molecule has 0 saturated carbocycles. The summed E-state index contributed by atoms with van der Waals surface area (Å²) in [6.45, 7) is 0. The van der Waals surface area contributed by atoms with Gasteiger partial charge in [0.1, 0.15) is 5.75 Å². The fourth-order valence-electron chi connectivity index (χ4n) is 2.94. The lowest BCUT2D eigenvalue weighted by atomic mass is 9.95. The Morgan fingerprint density at radius 3 is 1.96 bits per heavy atom. The molecule has 3 heteroatoms. The van der Waals surface area contributed by atoms with Gasteiger partial charge in [-0.3, -0.25) is 0 Å². The lowest BCUT2D eigenvalue weighted by Gasteiger charge is -2.11. The molecular formula is C20H12Br2O. The molecule has 0 saturated heterocycles. The summed E-state index contributed by atoms with van der Waals surface area (Å²) < 4.78 is 1.36. The number of fused-ring (bicyclic) bond motifs is 2. The van der Waals surface area contributed by atoms with Crippen LogP contribution in [0.4, 0.5) is 0 Å². The van der Waals surface area contributed by atoms with Crippen LogP contribution in [0.2, 0.25) is 0 Å². The van der Waals surface area contributed by atoms with Gasteiger partial charge in [-0.05, 0) is 88.8 Å².